The highest BCUT2D eigenvalue weighted by atomic mass is 16.5. The first-order valence-corrected chi connectivity index (χ1v) is 14.3. The molecule has 2 unspecified atom stereocenters. The first-order chi connectivity index (χ1) is 19.4. The number of ketones is 1. The highest BCUT2D eigenvalue weighted by Gasteiger charge is 2.23. The van der Waals surface area contributed by atoms with Crippen LogP contribution in [0.15, 0.2) is 60.7 Å². The van der Waals surface area contributed by atoms with Gasteiger partial charge in [-0.25, -0.2) is 4.79 Å². The van der Waals surface area contributed by atoms with E-state index in [9.17, 15) is 19.2 Å². The molecule has 8 nitrogen and oxygen atoms in total. The van der Waals surface area contributed by atoms with Crippen LogP contribution in [0.4, 0.5) is 0 Å². The van der Waals surface area contributed by atoms with Crippen LogP contribution < -0.4 is 10.6 Å². The van der Waals surface area contributed by atoms with Crippen molar-refractivity contribution in [1.29, 1.82) is 0 Å². The average molecular weight is 553 g/mol. The van der Waals surface area contributed by atoms with E-state index >= 15 is 0 Å². The summed E-state index contributed by atoms with van der Waals surface area (Å²) in [5.41, 5.74) is 2.00. The number of carbonyl (C=O) groups excluding carboxylic acids is 4. The molecule has 0 fully saturated rings. The molecule has 0 aliphatic carbocycles. The summed E-state index contributed by atoms with van der Waals surface area (Å²) in [6.07, 6.45) is 5.98. The van der Waals surface area contributed by atoms with Gasteiger partial charge in [0.25, 0.3) is 0 Å². The number of hydrogen-bond acceptors (Lipinski definition) is 7. The normalized spacial score (nSPS) is 12.2. The fourth-order valence-corrected chi connectivity index (χ4v) is 4.23. The number of rotatable bonds is 20. The zero-order valence-electron chi connectivity index (χ0n) is 23.9. The van der Waals surface area contributed by atoms with Gasteiger partial charge in [0.15, 0.2) is 0 Å². The van der Waals surface area contributed by atoms with Gasteiger partial charge in [-0.15, -0.1) is 0 Å². The van der Waals surface area contributed by atoms with Crippen LogP contribution in [-0.2, 0) is 41.5 Å². The number of Topliss-reactive ketones (excluding diaryl/α,β-unsaturated/α-hetero) is 1. The van der Waals surface area contributed by atoms with Crippen molar-refractivity contribution in [2.24, 2.45) is 0 Å². The van der Waals surface area contributed by atoms with Crippen molar-refractivity contribution >= 4 is 23.6 Å². The monoisotopic (exact) mass is 552 g/mol. The Balaban J connectivity index is 1.66. The maximum Gasteiger partial charge on any atom is 0.328 e. The van der Waals surface area contributed by atoms with Crippen LogP contribution in [0.3, 0.4) is 0 Å². The maximum absolute atomic E-state index is 12.8. The summed E-state index contributed by atoms with van der Waals surface area (Å²) in [6, 6.07) is 18.2. The molecule has 0 saturated heterocycles. The van der Waals surface area contributed by atoms with Crippen molar-refractivity contribution in [3.05, 3.63) is 71.8 Å². The van der Waals surface area contributed by atoms with Gasteiger partial charge < -0.3 is 24.9 Å². The summed E-state index contributed by atoms with van der Waals surface area (Å²) < 4.78 is 10.9. The molecule has 2 aromatic rings. The minimum atomic E-state index is -0.766. The van der Waals surface area contributed by atoms with Gasteiger partial charge in [-0.3, -0.25) is 9.59 Å². The third-order valence-electron chi connectivity index (χ3n) is 6.53. The fraction of sp³-hybridized carbons (Fsp3) is 0.500. The van der Waals surface area contributed by atoms with Gasteiger partial charge in [-0.05, 0) is 70.0 Å². The minimum absolute atomic E-state index is 0.105. The van der Waals surface area contributed by atoms with Gasteiger partial charge in [0.1, 0.15) is 17.9 Å². The molecule has 0 bridgehead atoms. The van der Waals surface area contributed by atoms with E-state index in [1.807, 2.05) is 60.7 Å². The largest absolute Gasteiger partial charge is 0.465 e. The summed E-state index contributed by atoms with van der Waals surface area (Å²) in [5, 5.41) is 5.83. The lowest BCUT2D eigenvalue weighted by molar-refractivity contribution is -0.148. The first kappa shape index (κ1) is 32.7. The van der Waals surface area contributed by atoms with E-state index in [1.165, 1.54) is 6.92 Å². The van der Waals surface area contributed by atoms with Crippen LogP contribution in [0.25, 0.3) is 0 Å². The number of amides is 1. The molecule has 0 aromatic heterocycles. The molecule has 8 heteroatoms. The molecule has 0 aliphatic heterocycles. The third-order valence-corrected chi connectivity index (χ3v) is 6.53. The second kappa shape index (κ2) is 19.5. The Hall–Kier alpha value is -3.52. The SMILES string of the molecule is CNC(Cc1ccccc1)C(=O)OCCCCCCOC(=O)C(Cc1ccccc1)NC(=O)CCCCC(C)=O. The number of unbranched alkanes of at least 4 members (excludes halogenated alkanes) is 4. The quantitative estimate of drug-likeness (QED) is 0.186. The molecule has 2 aromatic carbocycles. The van der Waals surface area contributed by atoms with Crippen molar-refractivity contribution < 1.29 is 28.7 Å². The number of likely N-dealkylation sites (N-methyl/N-ethyl adjacent to an activating group) is 1. The summed E-state index contributed by atoms with van der Waals surface area (Å²) in [4.78, 5) is 48.7. The molecule has 0 heterocycles. The van der Waals surface area contributed by atoms with Gasteiger partial charge in [0.2, 0.25) is 5.91 Å². The molecule has 40 heavy (non-hydrogen) atoms. The number of ether oxygens (including phenoxy) is 2. The van der Waals surface area contributed by atoms with Gasteiger partial charge >= 0.3 is 11.9 Å². The molecular weight excluding hydrogens is 508 g/mol. The summed E-state index contributed by atoms with van der Waals surface area (Å²) in [6.45, 7) is 2.15. The van der Waals surface area contributed by atoms with E-state index < -0.39 is 12.0 Å². The van der Waals surface area contributed by atoms with Gasteiger partial charge in [0.05, 0.1) is 13.2 Å². The van der Waals surface area contributed by atoms with Crippen molar-refractivity contribution in [2.75, 3.05) is 20.3 Å². The van der Waals surface area contributed by atoms with E-state index in [0.717, 1.165) is 30.4 Å². The second-order valence-corrected chi connectivity index (χ2v) is 10.00. The van der Waals surface area contributed by atoms with Gasteiger partial charge in [-0.2, -0.15) is 0 Å². The molecule has 0 radical (unpaired) electrons. The molecule has 2 N–H and O–H groups in total. The standard InChI is InChI=1S/C32H44N2O6/c1-25(35)15-11-12-20-30(36)34-29(24-27-18-9-6-10-19-27)32(38)40-22-14-4-3-13-21-39-31(37)28(33-2)23-26-16-7-5-8-17-26/h5-10,16-19,28-29,33H,3-4,11-15,20-24H2,1-2H3,(H,34,36). The molecule has 0 saturated carbocycles. The van der Waals surface area contributed by atoms with Crippen LogP contribution in [0.1, 0.15) is 69.4 Å². The van der Waals surface area contributed by atoms with Crippen LogP contribution >= 0.6 is 0 Å². The Morgan fingerprint density at radius 1 is 0.650 bits per heavy atom. The van der Waals surface area contributed by atoms with E-state index in [-0.39, 0.29) is 36.7 Å². The zero-order valence-corrected chi connectivity index (χ0v) is 23.9. The Morgan fingerprint density at radius 2 is 1.12 bits per heavy atom. The highest BCUT2D eigenvalue weighted by Crippen LogP contribution is 2.09. The molecule has 0 spiro atoms. The van der Waals surface area contributed by atoms with E-state index in [1.54, 1.807) is 7.05 Å². The highest BCUT2D eigenvalue weighted by molar-refractivity contribution is 5.84. The molecule has 2 atom stereocenters. The third kappa shape index (κ3) is 14.0. The summed E-state index contributed by atoms with van der Waals surface area (Å²) in [5.74, 6) is -0.828. The predicted molar refractivity (Wildman–Crippen MR) is 155 cm³/mol. The predicted octanol–water partition coefficient (Wildman–Crippen LogP) is 4.34. The van der Waals surface area contributed by atoms with Crippen molar-refractivity contribution in [3.63, 3.8) is 0 Å². The van der Waals surface area contributed by atoms with Crippen molar-refractivity contribution in [1.82, 2.24) is 10.6 Å². The molecule has 1 amide bonds. The average Bonchev–Trinajstić information content (AvgIpc) is 2.95. The number of benzene rings is 2. The van der Waals surface area contributed by atoms with Gasteiger partial charge in [-0.1, -0.05) is 60.7 Å². The number of carbonyl (C=O) groups is 4. The Kier molecular flexibility index (Phi) is 16.0. The Morgan fingerprint density at radius 3 is 1.62 bits per heavy atom. The first-order valence-electron chi connectivity index (χ1n) is 14.3. The maximum atomic E-state index is 12.8. The van der Waals surface area contributed by atoms with Crippen molar-refractivity contribution in [3.8, 4) is 0 Å². The molecular formula is C32H44N2O6. The fourth-order valence-electron chi connectivity index (χ4n) is 4.23. The second-order valence-electron chi connectivity index (χ2n) is 10.00. The lowest BCUT2D eigenvalue weighted by atomic mass is 10.1. The smallest absolute Gasteiger partial charge is 0.328 e. The van der Waals surface area contributed by atoms with E-state index in [4.69, 9.17) is 9.47 Å². The molecule has 218 valence electrons. The number of nitrogens with one attached hydrogen (secondary N) is 2. The molecule has 0 aliphatic rings. The van der Waals surface area contributed by atoms with Crippen LogP contribution in [-0.4, -0.2) is 56.0 Å². The lowest BCUT2D eigenvalue weighted by Gasteiger charge is -2.18. The topological polar surface area (TPSA) is 111 Å². The van der Waals surface area contributed by atoms with E-state index in [0.29, 0.717) is 45.1 Å². The Labute approximate surface area is 238 Å². The lowest BCUT2D eigenvalue weighted by Crippen LogP contribution is -2.43. The zero-order chi connectivity index (χ0) is 29.0. The van der Waals surface area contributed by atoms with Crippen LogP contribution in [0.2, 0.25) is 0 Å². The van der Waals surface area contributed by atoms with E-state index in [2.05, 4.69) is 10.6 Å². The van der Waals surface area contributed by atoms with Gasteiger partial charge in [0, 0.05) is 19.3 Å². The Bertz CT molecular complexity index is 1030. The number of esters is 2. The van der Waals surface area contributed by atoms with Crippen LogP contribution in [0, 0.1) is 0 Å². The van der Waals surface area contributed by atoms with Crippen molar-refractivity contribution in [2.45, 2.75) is 83.2 Å². The summed E-state index contributed by atoms with van der Waals surface area (Å²) in [7, 11) is 1.75. The summed E-state index contributed by atoms with van der Waals surface area (Å²) >= 11 is 0. The van der Waals surface area contributed by atoms with Crippen LogP contribution in [0.5, 0.6) is 0 Å². The molecule has 2 rings (SSSR count). The minimum Gasteiger partial charge on any atom is -0.465 e. The number of hydrogen-bond donors (Lipinski definition) is 2.